The number of carbonyl (C=O) groups is 1. The summed E-state index contributed by atoms with van der Waals surface area (Å²) in [5.41, 5.74) is 6.25. The summed E-state index contributed by atoms with van der Waals surface area (Å²) in [5.74, 6) is 1.08. The van der Waals surface area contributed by atoms with Crippen molar-refractivity contribution in [3.63, 3.8) is 0 Å². The van der Waals surface area contributed by atoms with Crippen LogP contribution in [0.15, 0.2) is 36.5 Å². The first-order valence-corrected chi connectivity index (χ1v) is 8.84. The van der Waals surface area contributed by atoms with Crippen LogP contribution in [-0.4, -0.2) is 34.9 Å². The van der Waals surface area contributed by atoms with Gasteiger partial charge in [0.05, 0.1) is 10.6 Å². The molecule has 1 fully saturated rings. The van der Waals surface area contributed by atoms with E-state index in [4.69, 9.17) is 33.7 Å². The number of pyridine rings is 1. The van der Waals surface area contributed by atoms with Gasteiger partial charge in [0.1, 0.15) is 10.8 Å². The average Bonchev–Trinajstić information content (AvgIpc) is 3.00. The van der Waals surface area contributed by atoms with Gasteiger partial charge in [0, 0.05) is 24.8 Å². The molecular formula is C18H19Cl2N3O2. The molecule has 0 aliphatic carbocycles. The predicted octanol–water partition coefficient (Wildman–Crippen LogP) is 3.99. The van der Waals surface area contributed by atoms with Gasteiger partial charge >= 0.3 is 0 Å². The molecule has 7 heteroatoms. The number of amides is 1. The molecule has 5 nitrogen and oxygen atoms in total. The Morgan fingerprint density at radius 3 is 2.80 bits per heavy atom. The number of carbonyl (C=O) groups excluding carboxylic acids is 1. The number of likely N-dealkylation sites (tertiary alicyclic amines) is 1. The highest BCUT2D eigenvalue weighted by Crippen LogP contribution is 2.34. The number of aromatic nitrogens is 1. The monoisotopic (exact) mass is 379 g/mol. The van der Waals surface area contributed by atoms with E-state index in [0.29, 0.717) is 46.2 Å². The van der Waals surface area contributed by atoms with Crippen LogP contribution in [0.2, 0.25) is 10.0 Å². The first-order chi connectivity index (χ1) is 12.0. The smallest absolute Gasteiger partial charge is 0.255 e. The molecule has 1 aliphatic rings. The van der Waals surface area contributed by atoms with E-state index in [-0.39, 0.29) is 11.9 Å². The zero-order valence-corrected chi connectivity index (χ0v) is 15.3. The lowest BCUT2D eigenvalue weighted by molar-refractivity contribution is 0.0743. The first-order valence-electron chi connectivity index (χ1n) is 8.08. The van der Waals surface area contributed by atoms with Crippen LogP contribution in [0.5, 0.6) is 11.6 Å². The highest BCUT2D eigenvalue weighted by atomic mass is 35.5. The van der Waals surface area contributed by atoms with E-state index in [2.05, 4.69) is 4.98 Å². The zero-order chi connectivity index (χ0) is 18.0. The van der Waals surface area contributed by atoms with Crippen LogP contribution >= 0.6 is 23.2 Å². The van der Waals surface area contributed by atoms with Crippen molar-refractivity contribution in [1.29, 1.82) is 0 Å². The van der Waals surface area contributed by atoms with Crippen molar-refractivity contribution in [3.05, 3.63) is 52.1 Å². The molecule has 0 bridgehead atoms. The standard InChI is InChI=1S/C18H19Cl2N3O2/c1-11-7-12(8-21)10-23(11)18(24)13-5-6-16(22-9-13)25-15-4-2-3-14(19)17(15)20/h2-6,9,11-12H,7-8,10,21H2,1H3. The zero-order valence-electron chi connectivity index (χ0n) is 13.8. The summed E-state index contributed by atoms with van der Waals surface area (Å²) >= 11 is 12.1. The van der Waals surface area contributed by atoms with Crippen molar-refractivity contribution in [1.82, 2.24) is 9.88 Å². The summed E-state index contributed by atoms with van der Waals surface area (Å²) in [5, 5.41) is 0.730. The molecule has 3 rings (SSSR count). The molecule has 2 heterocycles. The third-order valence-corrected chi connectivity index (χ3v) is 5.17. The summed E-state index contributed by atoms with van der Waals surface area (Å²) < 4.78 is 5.64. The van der Waals surface area contributed by atoms with Gasteiger partial charge in [-0.2, -0.15) is 0 Å². The molecule has 1 aromatic carbocycles. The molecule has 2 aromatic rings. The Balaban J connectivity index is 1.72. The van der Waals surface area contributed by atoms with E-state index >= 15 is 0 Å². The lowest BCUT2D eigenvalue weighted by Crippen LogP contribution is -2.34. The van der Waals surface area contributed by atoms with Crippen LogP contribution in [0.4, 0.5) is 0 Å². The fraction of sp³-hybridized carbons (Fsp3) is 0.333. The number of rotatable bonds is 4. The second-order valence-corrected chi connectivity index (χ2v) is 6.97. The molecule has 1 aromatic heterocycles. The quantitative estimate of drug-likeness (QED) is 0.871. The van der Waals surface area contributed by atoms with Gasteiger partial charge in [-0.25, -0.2) is 4.98 Å². The number of hydrogen-bond acceptors (Lipinski definition) is 4. The number of hydrogen-bond donors (Lipinski definition) is 1. The molecule has 0 radical (unpaired) electrons. The van der Waals surface area contributed by atoms with E-state index < -0.39 is 0 Å². The van der Waals surface area contributed by atoms with E-state index in [1.165, 1.54) is 6.20 Å². The van der Waals surface area contributed by atoms with Crippen molar-refractivity contribution >= 4 is 29.1 Å². The molecular weight excluding hydrogens is 361 g/mol. The Bertz CT molecular complexity index is 767. The molecule has 2 unspecified atom stereocenters. The average molecular weight is 380 g/mol. The second kappa shape index (κ2) is 7.60. The van der Waals surface area contributed by atoms with Gasteiger partial charge in [0.2, 0.25) is 5.88 Å². The molecule has 25 heavy (non-hydrogen) atoms. The topological polar surface area (TPSA) is 68.5 Å². The maximum Gasteiger partial charge on any atom is 0.255 e. The lowest BCUT2D eigenvalue weighted by atomic mass is 10.1. The van der Waals surface area contributed by atoms with Gasteiger partial charge in [-0.1, -0.05) is 29.3 Å². The number of nitrogens with two attached hydrogens (primary N) is 1. The Kier molecular flexibility index (Phi) is 5.47. The van der Waals surface area contributed by atoms with Gasteiger partial charge < -0.3 is 15.4 Å². The van der Waals surface area contributed by atoms with Crippen molar-refractivity contribution in [2.75, 3.05) is 13.1 Å². The van der Waals surface area contributed by atoms with E-state index in [9.17, 15) is 4.79 Å². The van der Waals surface area contributed by atoms with Crippen molar-refractivity contribution in [3.8, 4) is 11.6 Å². The largest absolute Gasteiger partial charge is 0.437 e. The Morgan fingerprint density at radius 2 is 2.16 bits per heavy atom. The molecule has 1 aliphatic heterocycles. The summed E-state index contributed by atoms with van der Waals surface area (Å²) in [6.45, 7) is 3.33. The third kappa shape index (κ3) is 3.89. The number of halogens is 2. The second-order valence-electron chi connectivity index (χ2n) is 6.18. The minimum Gasteiger partial charge on any atom is -0.437 e. The Morgan fingerprint density at radius 1 is 1.36 bits per heavy atom. The Labute approximate surface area is 156 Å². The highest BCUT2D eigenvalue weighted by molar-refractivity contribution is 6.42. The van der Waals surface area contributed by atoms with Crippen LogP contribution in [0.1, 0.15) is 23.7 Å². The minimum absolute atomic E-state index is 0.0386. The van der Waals surface area contributed by atoms with Gasteiger partial charge in [0.25, 0.3) is 5.91 Å². The highest BCUT2D eigenvalue weighted by Gasteiger charge is 2.32. The Hall–Kier alpha value is -1.82. The third-order valence-electron chi connectivity index (χ3n) is 4.37. The lowest BCUT2D eigenvalue weighted by Gasteiger charge is -2.21. The summed E-state index contributed by atoms with van der Waals surface area (Å²) in [6.07, 6.45) is 2.45. The SMILES string of the molecule is CC1CC(CN)CN1C(=O)c1ccc(Oc2cccc(Cl)c2Cl)nc1. The maximum absolute atomic E-state index is 12.7. The fourth-order valence-electron chi connectivity index (χ4n) is 3.00. The number of benzene rings is 1. The molecule has 1 saturated heterocycles. The van der Waals surface area contributed by atoms with Crippen molar-refractivity contribution in [2.45, 2.75) is 19.4 Å². The van der Waals surface area contributed by atoms with E-state index in [1.54, 1.807) is 30.3 Å². The van der Waals surface area contributed by atoms with Crippen LogP contribution in [-0.2, 0) is 0 Å². The maximum atomic E-state index is 12.7. The van der Waals surface area contributed by atoms with Crippen LogP contribution < -0.4 is 10.5 Å². The van der Waals surface area contributed by atoms with Crippen molar-refractivity contribution < 1.29 is 9.53 Å². The number of nitrogens with zero attached hydrogens (tertiary/aromatic N) is 2. The van der Waals surface area contributed by atoms with Crippen LogP contribution in [0.3, 0.4) is 0 Å². The summed E-state index contributed by atoms with van der Waals surface area (Å²) in [6, 6.07) is 8.65. The predicted molar refractivity (Wildman–Crippen MR) is 98.4 cm³/mol. The van der Waals surface area contributed by atoms with E-state index in [0.717, 1.165) is 6.42 Å². The molecule has 2 atom stereocenters. The summed E-state index contributed by atoms with van der Waals surface area (Å²) in [4.78, 5) is 18.7. The van der Waals surface area contributed by atoms with E-state index in [1.807, 2.05) is 11.8 Å². The normalized spacial score (nSPS) is 19.9. The van der Waals surface area contributed by atoms with Crippen molar-refractivity contribution in [2.24, 2.45) is 11.7 Å². The number of ether oxygens (including phenoxy) is 1. The first kappa shape index (κ1) is 18.0. The fourth-order valence-corrected chi connectivity index (χ4v) is 3.34. The van der Waals surface area contributed by atoms with Crippen LogP contribution in [0.25, 0.3) is 0 Å². The van der Waals surface area contributed by atoms with Gasteiger partial charge in [-0.15, -0.1) is 0 Å². The molecule has 0 saturated carbocycles. The van der Waals surface area contributed by atoms with Gasteiger partial charge in [-0.3, -0.25) is 4.79 Å². The summed E-state index contributed by atoms with van der Waals surface area (Å²) in [7, 11) is 0. The van der Waals surface area contributed by atoms with Gasteiger partial charge in [0.15, 0.2) is 0 Å². The van der Waals surface area contributed by atoms with Gasteiger partial charge in [-0.05, 0) is 44.0 Å². The minimum atomic E-state index is -0.0386. The van der Waals surface area contributed by atoms with Crippen LogP contribution in [0, 0.1) is 5.92 Å². The molecule has 0 spiro atoms. The molecule has 2 N–H and O–H groups in total. The molecule has 1 amide bonds. The molecule has 132 valence electrons.